The van der Waals surface area contributed by atoms with E-state index in [4.69, 9.17) is 5.11 Å². The highest BCUT2D eigenvalue weighted by atomic mass is 32.2. The molecule has 20 heavy (non-hydrogen) atoms. The van der Waals surface area contributed by atoms with Crippen molar-refractivity contribution in [3.05, 3.63) is 29.8 Å². The largest absolute Gasteiger partial charge is 0.478 e. The van der Waals surface area contributed by atoms with Gasteiger partial charge in [-0.15, -0.1) is 11.8 Å². The molecule has 108 valence electrons. The lowest BCUT2D eigenvalue weighted by molar-refractivity contribution is -0.113. The zero-order valence-electron chi connectivity index (χ0n) is 11.1. The number of carboxylic acid groups (broad SMARTS) is 1. The van der Waals surface area contributed by atoms with Crippen molar-refractivity contribution < 1.29 is 14.7 Å². The van der Waals surface area contributed by atoms with Crippen molar-refractivity contribution in [2.24, 2.45) is 0 Å². The second kappa shape index (κ2) is 7.31. The van der Waals surface area contributed by atoms with Gasteiger partial charge in [0.25, 0.3) is 0 Å². The third-order valence-corrected chi connectivity index (χ3v) is 4.54. The van der Waals surface area contributed by atoms with E-state index in [1.165, 1.54) is 6.07 Å². The van der Waals surface area contributed by atoms with Crippen LogP contribution in [-0.4, -0.2) is 41.1 Å². The summed E-state index contributed by atoms with van der Waals surface area (Å²) >= 11 is 1.64. The lowest BCUT2D eigenvalue weighted by Crippen LogP contribution is -2.30. The highest BCUT2D eigenvalue weighted by Crippen LogP contribution is 2.21. The minimum Gasteiger partial charge on any atom is -0.478 e. The number of carbonyl (C=O) groups is 2. The second-order valence-corrected chi connectivity index (χ2v) is 5.95. The first-order valence-corrected chi connectivity index (χ1v) is 7.66. The maximum Gasteiger partial charge on any atom is 0.337 e. The number of nitrogens with one attached hydrogen (secondary N) is 2. The first-order valence-electron chi connectivity index (χ1n) is 6.61. The van der Waals surface area contributed by atoms with Crippen LogP contribution >= 0.6 is 11.8 Å². The molecule has 5 nitrogen and oxygen atoms in total. The van der Waals surface area contributed by atoms with Gasteiger partial charge in [0.2, 0.25) is 5.91 Å². The second-order valence-electron chi connectivity index (χ2n) is 4.66. The Morgan fingerprint density at radius 1 is 1.30 bits per heavy atom. The van der Waals surface area contributed by atoms with Crippen LogP contribution in [0.3, 0.4) is 0 Å². The summed E-state index contributed by atoms with van der Waals surface area (Å²) in [4.78, 5) is 22.9. The number of anilines is 1. The third kappa shape index (κ3) is 4.25. The molecule has 1 fully saturated rings. The van der Waals surface area contributed by atoms with E-state index < -0.39 is 5.97 Å². The number of aromatic carboxylic acids is 1. The first kappa shape index (κ1) is 14.9. The van der Waals surface area contributed by atoms with Crippen LogP contribution in [0.15, 0.2) is 24.3 Å². The predicted octanol–water partition coefficient (Wildman–Crippen LogP) is 1.81. The first-order chi connectivity index (χ1) is 9.66. The summed E-state index contributed by atoms with van der Waals surface area (Å²) in [6.07, 6.45) is 2.15. The summed E-state index contributed by atoms with van der Waals surface area (Å²) in [6, 6.07) is 6.44. The zero-order valence-corrected chi connectivity index (χ0v) is 11.9. The summed E-state index contributed by atoms with van der Waals surface area (Å²) in [5.41, 5.74) is 0.476. The smallest absolute Gasteiger partial charge is 0.337 e. The number of rotatable bonds is 5. The Kier molecular flexibility index (Phi) is 5.43. The minimum atomic E-state index is -1.04. The molecule has 1 aromatic rings. The number of hydrogen-bond acceptors (Lipinski definition) is 4. The van der Waals surface area contributed by atoms with E-state index in [9.17, 15) is 9.59 Å². The Morgan fingerprint density at radius 3 is 2.70 bits per heavy atom. The monoisotopic (exact) mass is 294 g/mol. The van der Waals surface area contributed by atoms with E-state index in [2.05, 4.69) is 10.6 Å². The normalized spacial score (nSPS) is 15.8. The lowest BCUT2D eigenvalue weighted by Gasteiger charge is -2.21. The van der Waals surface area contributed by atoms with Crippen molar-refractivity contribution in [2.45, 2.75) is 18.1 Å². The molecule has 6 heteroatoms. The molecule has 0 atom stereocenters. The van der Waals surface area contributed by atoms with Gasteiger partial charge in [0.05, 0.1) is 17.0 Å². The van der Waals surface area contributed by atoms with Gasteiger partial charge in [0, 0.05) is 5.25 Å². The fourth-order valence-electron chi connectivity index (χ4n) is 2.12. The molecule has 0 spiro atoms. The van der Waals surface area contributed by atoms with Gasteiger partial charge in [-0.3, -0.25) is 4.79 Å². The van der Waals surface area contributed by atoms with Crippen LogP contribution < -0.4 is 10.6 Å². The number of piperidine rings is 1. The van der Waals surface area contributed by atoms with Crippen molar-refractivity contribution in [3.63, 3.8) is 0 Å². The predicted molar refractivity (Wildman–Crippen MR) is 80.4 cm³/mol. The molecular formula is C14H18N2O3S. The molecule has 1 amide bonds. The molecule has 0 saturated carbocycles. The SMILES string of the molecule is O=C(CSC1CCNCC1)Nc1ccccc1C(=O)O. The fraction of sp³-hybridized carbons (Fsp3) is 0.429. The highest BCUT2D eigenvalue weighted by molar-refractivity contribution is 8.00. The average Bonchev–Trinajstić information content (AvgIpc) is 2.46. The van der Waals surface area contributed by atoms with Crippen molar-refractivity contribution in [1.82, 2.24) is 5.32 Å². The van der Waals surface area contributed by atoms with Crippen molar-refractivity contribution in [1.29, 1.82) is 0 Å². The summed E-state index contributed by atoms with van der Waals surface area (Å²) in [5.74, 6) is -0.826. The van der Waals surface area contributed by atoms with Crippen molar-refractivity contribution in [3.8, 4) is 0 Å². The topological polar surface area (TPSA) is 78.4 Å². The molecule has 0 unspecified atom stereocenters. The van der Waals surface area contributed by atoms with Crippen LogP contribution in [0.5, 0.6) is 0 Å². The van der Waals surface area contributed by atoms with Gasteiger partial charge in [-0.05, 0) is 38.1 Å². The molecule has 1 heterocycles. The van der Waals surface area contributed by atoms with E-state index >= 15 is 0 Å². The molecular weight excluding hydrogens is 276 g/mol. The van der Waals surface area contributed by atoms with Gasteiger partial charge < -0.3 is 15.7 Å². The summed E-state index contributed by atoms with van der Waals surface area (Å²) in [5, 5.41) is 15.5. The Bertz CT molecular complexity index is 487. The van der Waals surface area contributed by atoms with Crippen LogP contribution in [0.1, 0.15) is 23.2 Å². The number of para-hydroxylation sites is 1. The van der Waals surface area contributed by atoms with Crippen LogP contribution in [-0.2, 0) is 4.79 Å². The molecule has 3 N–H and O–H groups in total. The summed E-state index contributed by atoms with van der Waals surface area (Å²) in [7, 11) is 0. The van der Waals surface area contributed by atoms with Crippen molar-refractivity contribution >= 4 is 29.3 Å². The molecule has 0 aliphatic carbocycles. The third-order valence-electron chi connectivity index (χ3n) is 3.17. The number of thioether (sulfide) groups is 1. The van der Waals surface area contributed by atoms with Crippen LogP contribution in [0.4, 0.5) is 5.69 Å². The zero-order chi connectivity index (χ0) is 14.4. The number of carboxylic acids is 1. The van der Waals surface area contributed by atoms with Gasteiger partial charge in [-0.25, -0.2) is 4.79 Å². The number of amides is 1. The maximum atomic E-state index is 11.9. The Hall–Kier alpha value is -1.53. The van der Waals surface area contributed by atoms with E-state index in [0.29, 0.717) is 16.7 Å². The Balaban J connectivity index is 1.86. The van der Waals surface area contributed by atoms with E-state index in [1.807, 2.05) is 0 Å². The van der Waals surface area contributed by atoms with E-state index in [0.717, 1.165) is 25.9 Å². The quantitative estimate of drug-likeness (QED) is 0.772. The standard InChI is InChI=1S/C14H18N2O3S/c17-13(9-20-10-5-7-15-8-6-10)16-12-4-2-1-3-11(12)14(18)19/h1-4,10,15H,5-9H2,(H,16,17)(H,18,19). The van der Waals surface area contributed by atoms with Crippen LogP contribution in [0.2, 0.25) is 0 Å². The number of benzene rings is 1. The van der Waals surface area contributed by atoms with Crippen LogP contribution in [0.25, 0.3) is 0 Å². The highest BCUT2D eigenvalue weighted by Gasteiger charge is 2.16. The molecule has 0 bridgehead atoms. The van der Waals surface area contributed by atoms with Crippen LogP contribution in [0, 0.1) is 0 Å². The van der Waals surface area contributed by atoms with Gasteiger partial charge in [-0.2, -0.15) is 0 Å². The summed E-state index contributed by atoms with van der Waals surface area (Å²) < 4.78 is 0. The fourth-order valence-corrected chi connectivity index (χ4v) is 3.15. The molecule has 0 radical (unpaired) electrons. The molecule has 1 saturated heterocycles. The van der Waals surface area contributed by atoms with E-state index in [1.54, 1.807) is 30.0 Å². The van der Waals surface area contributed by atoms with Gasteiger partial charge in [-0.1, -0.05) is 12.1 Å². The number of hydrogen-bond donors (Lipinski definition) is 3. The Labute approximate surface area is 122 Å². The maximum absolute atomic E-state index is 11.9. The van der Waals surface area contributed by atoms with E-state index in [-0.39, 0.29) is 11.5 Å². The molecule has 2 rings (SSSR count). The summed E-state index contributed by atoms with van der Waals surface area (Å²) in [6.45, 7) is 2.00. The number of carbonyl (C=O) groups excluding carboxylic acids is 1. The van der Waals surface area contributed by atoms with Gasteiger partial charge in [0.1, 0.15) is 0 Å². The van der Waals surface area contributed by atoms with Crippen molar-refractivity contribution in [2.75, 3.05) is 24.2 Å². The Morgan fingerprint density at radius 2 is 2.00 bits per heavy atom. The minimum absolute atomic E-state index is 0.118. The molecule has 1 aromatic carbocycles. The van der Waals surface area contributed by atoms with Gasteiger partial charge >= 0.3 is 5.97 Å². The lowest BCUT2D eigenvalue weighted by atomic mass is 10.2. The average molecular weight is 294 g/mol. The molecule has 1 aliphatic heterocycles. The van der Waals surface area contributed by atoms with Gasteiger partial charge in [0.15, 0.2) is 0 Å². The molecule has 1 aliphatic rings. The molecule has 0 aromatic heterocycles.